The maximum atomic E-state index is 4.76. The molecule has 0 aromatic carbocycles. The van der Waals surface area contributed by atoms with Crippen LogP contribution in [0.4, 0.5) is 5.82 Å². The summed E-state index contributed by atoms with van der Waals surface area (Å²) in [6, 6.07) is 2.13. The zero-order valence-corrected chi connectivity index (χ0v) is 14.0. The monoisotopic (exact) mass is 290 g/mol. The number of rotatable bonds is 6. The lowest BCUT2D eigenvalue weighted by atomic mass is 9.96. The van der Waals surface area contributed by atoms with E-state index < -0.39 is 0 Å². The third kappa shape index (κ3) is 4.67. The van der Waals surface area contributed by atoms with Crippen LogP contribution in [0.1, 0.15) is 57.5 Å². The number of piperidine rings is 1. The maximum Gasteiger partial charge on any atom is 0.133 e. The van der Waals surface area contributed by atoms with Crippen molar-refractivity contribution in [2.45, 2.75) is 52.9 Å². The summed E-state index contributed by atoms with van der Waals surface area (Å²) < 4.78 is 0. The Morgan fingerprint density at radius 2 is 2.00 bits per heavy atom. The van der Waals surface area contributed by atoms with Crippen LogP contribution < -0.4 is 10.2 Å². The molecule has 0 radical (unpaired) electrons. The van der Waals surface area contributed by atoms with E-state index in [0.29, 0.717) is 5.92 Å². The molecule has 0 spiro atoms. The normalized spacial score (nSPS) is 16.7. The van der Waals surface area contributed by atoms with Gasteiger partial charge >= 0.3 is 0 Å². The second kappa shape index (κ2) is 7.74. The molecule has 0 bridgehead atoms. The maximum absolute atomic E-state index is 4.76. The minimum atomic E-state index is 0.388. The molecule has 0 amide bonds. The van der Waals surface area contributed by atoms with Crippen molar-refractivity contribution < 1.29 is 0 Å². The van der Waals surface area contributed by atoms with Crippen LogP contribution in [0, 0.1) is 12.8 Å². The highest BCUT2D eigenvalue weighted by molar-refractivity contribution is 5.40. The van der Waals surface area contributed by atoms with Crippen molar-refractivity contribution in [3.05, 3.63) is 17.6 Å². The van der Waals surface area contributed by atoms with Crippen molar-refractivity contribution in [2.24, 2.45) is 5.92 Å². The molecule has 0 saturated carbocycles. The molecule has 1 aromatic heterocycles. The Bertz CT molecular complexity index is 436. The van der Waals surface area contributed by atoms with Crippen LogP contribution in [0.5, 0.6) is 0 Å². The first-order valence-corrected chi connectivity index (χ1v) is 8.41. The fraction of sp³-hybridized carbons (Fsp3) is 0.765. The van der Waals surface area contributed by atoms with Crippen molar-refractivity contribution in [3.63, 3.8) is 0 Å². The van der Waals surface area contributed by atoms with Crippen molar-refractivity contribution in [2.75, 3.05) is 31.1 Å². The van der Waals surface area contributed by atoms with Crippen molar-refractivity contribution >= 4 is 5.82 Å². The predicted octanol–water partition coefficient (Wildman–Crippen LogP) is 3.12. The molecule has 1 saturated heterocycles. The van der Waals surface area contributed by atoms with Gasteiger partial charge in [0, 0.05) is 30.8 Å². The van der Waals surface area contributed by atoms with Crippen LogP contribution in [-0.2, 0) is 0 Å². The van der Waals surface area contributed by atoms with Gasteiger partial charge in [0.25, 0.3) is 0 Å². The smallest absolute Gasteiger partial charge is 0.133 e. The van der Waals surface area contributed by atoms with Gasteiger partial charge in [0.15, 0.2) is 0 Å². The van der Waals surface area contributed by atoms with Crippen LogP contribution in [0.25, 0.3) is 0 Å². The van der Waals surface area contributed by atoms with Gasteiger partial charge in [0.05, 0.1) is 0 Å². The van der Waals surface area contributed by atoms with E-state index in [1.165, 1.54) is 25.8 Å². The zero-order chi connectivity index (χ0) is 15.2. The number of hydrogen-bond donors (Lipinski definition) is 1. The molecular formula is C17H30N4. The van der Waals surface area contributed by atoms with Gasteiger partial charge in [-0.2, -0.15) is 0 Å². The van der Waals surface area contributed by atoms with Crippen molar-refractivity contribution in [3.8, 4) is 0 Å². The molecular weight excluding hydrogens is 260 g/mol. The van der Waals surface area contributed by atoms with E-state index in [1.807, 2.05) is 0 Å². The molecule has 0 unspecified atom stereocenters. The zero-order valence-electron chi connectivity index (χ0n) is 14.0. The summed E-state index contributed by atoms with van der Waals surface area (Å²) in [5.74, 6) is 3.29. The SMILES string of the molecule is CCCNCC1CCN(c2cc(C)nc(C(C)C)n2)CC1. The number of aromatic nitrogens is 2. The minimum Gasteiger partial charge on any atom is -0.356 e. The van der Waals surface area contributed by atoms with E-state index in [9.17, 15) is 0 Å². The molecule has 1 aliphatic rings. The van der Waals surface area contributed by atoms with Gasteiger partial charge < -0.3 is 10.2 Å². The van der Waals surface area contributed by atoms with Crippen molar-refractivity contribution in [1.82, 2.24) is 15.3 Å². The quantitative estimate of drug-likeness (QED) is 0.817. The van der Waals surface area contributed by atoms with Crippen molar-refractivity contribution in [1.29, 1.82) is 0 Å². The van der Waals surface area contributed by atoms with Gasteiger partial charge in [-0.15, -0.1) is 0 Å². The fourth-order valence-corrected chi connectivity index (χ4v) is 2.84. The van der Waals surface area contributed by atoms with Gasteiger partial charge in [-0.1, -0.05) is 20.8 Å². The second-order valence-corrected chi connectivity index (χ2v) is 6.51. The Morgan fingerprint density at radius 1 is 1.29 bits per heavy atom. The van der Waals surface area contributed by atoms with E-state index in [0.717, 1.165) is 42.9 Å². The average molecular weight is 290 g/mol. The molecule has 4 nitrogen and oxygen atoms in total. The molecule has 21 heavy (non-hydrogen) atoms. The summed E-state index contributed by atoms with van der Waals surface area (Å²) in [7, 11) is 0. The standard InChI is InChI=1S/C17H30N4/c1-5-8-18-12-15-6-9-21(10-7-15)16-11-14(4)19-17(20-16)13(2)3/h11,13,15,18H,5-10,12H2,1-4H3. The Balaban J connectivity index is 1.93. The number of nitrogens with one attached hydrogen (secondary N) is 1. The van der Waals surface area contributed by atoms with Crippen LogP contribution >= 0.6 is 0 Å². The lowest BCUT2D eigenvalue weighted by Gasteiger charge is -2.33. The number of nitrogens with zero attached hydrogens (tertiary/aromatic N) is 3. The summed E-state index contributed by atoms with van der Waals surface area (Å²) in [4.78, 5) is 11.7. The highest BCUT2D eigenvalue weighted by atomic mass is 15.2. The van der Waals surface area contributed by atoms with Gasteiger partial charge in [-0.05, 0) is 45.2 Å². The molecule has 4 heteroatoms. The largest absolute Gasteiger partial charge is 0.356 e. The topological polar surface area (TPSA) is 41.0 Å². The molecule has 118 valence electrons. The lowest BCUT2D eigenvalue weighted by molar-refractivity contribution is 0.382. The first kappa shape index (κ1) is 16.2. The second-order valence-electron chi connectivity index (χ2n) is 6.51. The highest BCUT2D eigenvalue weighted by Gasteiger charge is 2.20. The van der Waals surface area contributed by atoms with Crippen LogP contribution in [0.15, 0.2) is 6.07 Å². The summed E-state index contributed by atoms with van der Waals surface area (Å²) >= 11 is 0. The lowest BCUT2D eigenvalue weighted by Crippen LogP contribution is -2.38. The molecule has 1 aromatic rings. The van der Waals surface area contributed by atoms with E-state index in [4.69, 9.17) is 4.98 Å². The third-order valence-corrected chi connectivity index (χ3v) is 4.17. The molecule has 1 aliphatic heterocycles. The fourth-order valence-electron chi connectivity index (χ4n) is 2.84. The van der Waals surface area contributed by atoms with Crippen LogP contribution in [0.3, 0.4) is 0 Å². The first-order chi connectivity index (χ1) is 10.1. The summed E-state index contributed by atoms with van der Waals surface area (Å²) in [6.07, 6.45) is 3.74. The molecule has 2 heterocycles. The molecule has 1 fully saturated rings. The Morgan fingerprint density at radius 3 is 2.62 bits per heavy atom. The average Bonchev–Trinajstić information content (AvgIpc) is 2.47. The number of aryl methyl sites for hydroxylation is 1. The van der Waals surface area contributed by atoms with Gasteiger partial charge in [0.2, 0.25) is 0 Å². The minimum absolute atomic E-state index is 0.388. The van der Waals surface area contributed by atoms with E-state index in [2.05, 4.69) is 49.0 Å². The van der Waals surface area contributed by atoms with Gasteiger partial charge in [0.1, 0.15) is 11.6 Å². The third-order valence-electron chi connectivity index (χ3n) is 4.17. The van der Waals surface area contributed by atoms with Crippen LogP contribution in [-0.4, -0.2) is 36.1 Å². The molecule has 1 N–H and O–H groups in total. The predicted molar refractivity (Wildman–Crippen MR) is 89.0 cm³/mol. The number of hydrogen-bond acceptors (Lipinski definition) is 4. The summed E-state index contributed by atoms with van der Waals surface area (Å²) in [6.45, 7) is 13.1. The molecule has 2 rings (SSSR count). The highest BCUT2D eigenvalue weighted by Crippen LogP contribution is 2.23. The summed E-state index contributed by atoms with van der Waals surface area (Å²) in [5, 5.41) is 3.55. The first-order valence-electron chi connectivity index (χ1n) is 8.41. The van der Waals surface area contributed by atoms with E-state index in [1.54, 1.807) is 0 Å². The van der Waals surface area contributed by atoms with Crippen LogP contribution in [0.2, 0.25) is 0 Å². The van der Waals surface area contributed by atoms with Gasteiger partial charge in [-0.3, -0.25) is 0 Å². The Kier molecular flexibility index (Phi) is 5.97. The van der Waals surface area contributed by atoms with E-state index in [-0.39, 0.29) is 0 Å². The molecule has 0 aliphatic carbocycles. The summed E-state index contributed by atoms with van der Waals surface area (Å²) in [5.41, 5.74) is 1.08. The Labute approximate surface area is 129 Å². The van der Waals surface area contributed by atoms with Gasteiger partial charge in [-0.25, -0.2) is 9.97 Å². The van der Waals surface area contributed by atoms with E-state index >= 15 is 0 Å². The molecule has 0 atom stereocenters. The Hall–Kier alpha value is -1.16. The number of anilines is 1.